The lowest BCUT2D eigenvalue weighted by atomic mass is 10.2. The minimum atomic E-state index is 0.187. The van der Waals surface area contributed by atoms with Gasteiger partial charge in [0.05, 0.1) is 13.2 Å². The molecule has 0 amide bonds. The lowest BCUT2D eigenvalue weighted by molar-refractivity contribution is -0.678. The van der Waals surface area contributed by atoms with E-state index in [1.54, 1.807) is 6.07 Å². The second-order valence-electron chi connectivity index (χ2n) is 5.44. The van der Waals surface area contributed by atoms with E-state index in [-0.39, 0.29) is 5.75 Å². The van der Waals surface area contributed by atoms with E-state index in [0.29, 0.717) is 19.0 Å². The first-order chi connectivity index (χ1) is 10.6. The van der Waals surface area contributed by atoms with Gasteiger partial charge in [0, 0.05) is 13.0 Å². The Hall–Kier alpha value is -2.23. The highest BCUT2D eigenvalue weighted by Gasteiger charge is 2.14. The van der Waals surface area contributed by atoms with Gasteiger partial charge in [0.2, 0.25) is 11.4 Å². The van der Waals surface area contributed by atoms with Crippen LogP contribution < -0.4 is 14.0 Å². The highest BCUT2D eigenvalue weighted by atomic mass is 16.5. The van der Waals surface area contributed by atoms with Gasteiger partial charge in [-0.15, -0.1) is 0 Å². The standard InChI is InChI=1S/C18H23NO3/c1-14-6-8-16(9-7-14)21-12-4-5-13-22-18-15(2)19(3)11-10-17(18)20/h6-11H,4-5,12-13H2,1-3H3/p+1. The lowest BCUT2D eigenvalue weighted by Crippen LogP contribution is -2.31. The smallest absolute Gasteiger partial charge is 0.228 e. The number of pyridine rings is 1. The molecule has 1 N–H and O–H groups in total. The van der Waals surface area contributed by atoms with E-state index >= 15 is 0 Å². The summed E-state index contributed by atoms with van der Waals surface area (Å²) in [5, 5.41) is 9.83. The van der Waals surface area contributed by atoms with Crippen LogP contribution >= 0.6 is 0 Å². The number of ether oxygens (including phenoxy) is 2. The van der Waals surface area contributed by atoms with Crippen molar-refractivity contribution in [2.24, 2.45) is 7.05 Å². The maximum atomic E-state index is 9.83. The zero-order chi connectivity index (χ0) is 15.9. The zero-order valence-electron chi connectivity index (χ0n) is 13.5. The predicted octanol–water partition coefficient (Wildman–Crippen LogP) is 3.07. The topological polar surface area (TPSA) is 42.6 Å². The van der Waals surface area contributed by atoms with Crippen LogP contribution in [0.4, 0.5) is 0 Å². The minimum Gasteiger partial charge on any atom is -0.504 e. The van der Waals surface area contributed by atoms with Crippen LogP contribution in [0.5, 0.6) is 17.2 Å². The number of benzene rings is 1. The normalized spacial score (nSPS) is 10.5. The maximum Gasteiger partial charge on any atom is 0.228 e. The molecule has 1 heterocycles. The first-order valence-electron chi connectivity index (χ1n) is 7.58. The van der Waals surface area contributed by atoms with E-state index in [4.69, 9.17) is 9.47 Å². The molecule has 0 atom stereocenters. The fourth-order valence-corrected chi connectivity index (χ4v) is 2.10. The van der Waals surface area contributed by atoms with Crippen LogP contribution in [0, 0.1) is 13.8 Å². The first kappa shape index (κ1) is 16.1. The van der Waals surface area contributed by atoms with E-state index in [1.807, 2.05) is 49.0 Å². The van der Waals surface area contributed by atoms with Crippen molar-refractivity contribution in [3.63, 3.8) is 0 Å². The Bertz CT molecular complexity index is 608. The van der Waals surface area contributed by atoms with Crippen molar-refractivity contribution in [2.45, 2.75) is 26.7 Å². The quantitative estimate of drug-likeness (QED) is 0.631. The number of aromatic nitrogens is 1. The molecule has 0 aliphatic heterocycles. The monoisotopic (exact) mass is 302 g/mol. The second-order valence-corrected chi connectivity index (χ2v) is 5.44. The minimum absolute atomic E-state index is 0.187. The van der Waals surface area contributed by atoms with Crippen LogP contribution in [-0.4, -0.2) is 18.3 Å². The zero-order valence-corrected chi connectivity index (χ0v) is 13.5. The average Bonchev–Trinajstić information content (AvgIpc) is 2.51. The van der Waals surface area contributed by atoms with Crippen molar-refractivity contribution in [3.05, 3.63) is 47.8 Å². The molecule has 4 nitrogen and oxygen atoms in total. The number of aryl methyl sites for hydroxylation is 2. The SMILES string of the molecule is Cc1ccc(OCCCCOc2c(O)cc[n+](C)c2C)cc1. The first-order valence-corrected chi connectivity index (χ1v) is 7.58. The molecule has 0 radical (unpaired) electrons. The van der Waals surface area contributed by atoms with Crippen LogP contribution in [0.3, 0.4) is 0 Å². The Balaban J connectivity index is 1.70. The fraction of sp³-hybridized carbons (Fsp3) is 0.389. The third-order valence-electron chi connectivity index (χ3n) is 3.62. The van der Waals surface area contributed by atoms with Gasteiger partial charge in [-0.2, -0.15) is 0 Å². The summed E-state index contributed by atoms with van der Waals surface area (Å²) in [7, 11) is 1.93. The summed E-state index contributed by atoms with van der Waals surface area (Å²) in [6.45, 7) is 5.22. The van der Waals surface area contributed by atoms with Crippen molar-refractivity contribution < 1.29 is 19.1 Å². The Morgan fingerprint density at radius 2 is 1.59 bits per heavy atom. The van der Waals surface area contributed by atoms with Crippen molar-refractivity contribution in [2.75, 3.05) is 13.2 Å². The van der Waals surface area contributed by atoms with Gasteiger partial charge in [-0.3, -0.25) is 0 Å². The highest BCUT2D eigenvalue weighted by molar-refractivity contribution is 5.38. The van der Waals surface area contributed by atoms with Crippen LogP contribution in [0.2, 0.25) is 0 Å². The van der Waals surface area contributed by atoms with Gasteiger partial charge in [-0.1, -0.05) is 17.7 Å². The Labute approximate surface area is 131 Å². The fourth-order valence-electron chi connectivity index (χ4n) is 2.10. The summed E-state index contributed by atoms with van der Waals surface area (Å²) >= 11 is 0. The van der Waals surface area contributed by atoms with Crippen molar-refractivity contribution >= 4 is 0 Å². The average molecular weight is 302 g/mol. The summed E-state index contributed by atoms with van der Waals surface area (Å²) in [6, 6.07) is 9.69. The predicted molar refractivity (Wildman–Crippen MR) is 85.4 cm³/mol. The molecule has 0 aliphatic rings. The summed E-state index contributed by atoms with van der Waals surface area (Å²) in [6.07, 6.45) is 3.60. The molecule has 2 rings (SSSR count). The van der Waals surface area contributed by atoms with Gasteiger partial charge >= 0.3 is 0 Å². The van der Waals surface area contributed by atoms with Crippen LogP contribution in [0.1, 0.15) is 24.1 Å². The van der Waals surface area contributed by atoms with Gasteiger partial charge in [0.15, 0.2) is 11.9 Å². The van der Waals surface area contributed by atoms with Gasteiger partial charge in [-0.25, -0.2) is 4.57 Å². The van der Waals surface area contributed by atoms with Crippen LogP contribution in [0.15, 0.2) is 36.5 Å². The molecule has 2 aromatic rings. The number of aromatic hydroxyl groups is 1. The number of unbranched alkanes of at least 4 members (excludes halogenated alkanes) is 1. The molecule has 22 heavy (non-hydrogen) atoms. The summed E-state index contributed by atoms with van der Waals surface area (Å²) < 4.78 is 13.3. The molecule has 0 saturated carbocycles. The highest BCUT2D eigenvalue weighted by Crippen LogP contribution is 2.26. The van der Waals surface area contributed by atoms with Crippen molar-refractivity contribution in [1.29, 1.82) is 0 Å². The van der Waals surface area contributed by atoms with Crippen molar-refractivity contribution in [1.82, 2.24) is 0 Å². The summed E-state index contributed by atoms with van der Waals surface area (Å²) in [4.78, 5) is 0. The molecule has 0 bridgehead atoms. The molecule has 0 saturated heterocycles. The van der Waals surface area contributed by atoms with Gasteiger partial charge in [0.1, 0.15) is 12.8 Å². The Morgan fingerprint density at radius 3 is 2.27 bits per heavy atom. The molecule has 4 heteroatoms. The molecule has 0 unspecified atom stereocenters. The van der Waals surface area contributed by atoms with Crippen LogP contribution in [0.25, 0.3) is 0 Å². The third-order valence-corrected chi connectivity index (χ3v) is 3.62. The molecule has 0 fully saturated rings. The van der Waals surface area contributed by atoms with E-state index in [9.17, 15) is 5.11 Å². The van der Waals surface area contributed by atoms with Gasteiger partial charge in [0.25, 0.3) is 0 Å². The Kier molecular flexibility index (Phi) is 5.64. The maximum absolute atomic E-state index is 9.83. The summed E-state index contributed by atoms with van der Waals surface area (Å²) in [5.41, 5.74) is 2.14. The largest absolute Gasteiger partial charge is 0.504 e. The van der Waals surface area contributed by atoms with E-state index in [2.05, 4.69) is 6.92 Å². The number of nitrogens with zero attached hydrogens (tertiary/aromatic N) is 1. The van der Waals surface area contributed by atoms with Crippen LogP contribution in [-0.2, 0) is 7.05 Å². The molecule has 1 aromatic heterocycles. The van der Waals surface area contributed by atoms with E-state index in [0.717, 1.165) is 24.3 Å². The molecule has 0 aliphatic carbocycles. The van der Waals surface area contributed by atoms with Gasteiger partial charge < -0.3 is 14.6 Å². The molecule has 1 aromatic carbocycles. The third kappa shape index (κ3) is 4.38. The summed E-state index contributed by atoms with van der Waals surface area (Å²) in [5.74, 6) is 1.64. The van der Waals surface area contributed by atoms with Gasteiger partial charge in [-0.05, 0) is 31.9 Å². The molecular weight excluding hydrogens is 278 g/mol. The Morgan fingerprint density at radius 1 is 0.955 bits per heavy atom. The molecular formula is C18H24NO3+. The number of hydrogen-bond acceptors (Lipinski definition) is 3. The van der Waals surface area contributed by atoms with Crippen molar-refractivity contribution in [3.8, 4) is 17.2 Å². The lowest BCUT2D eigenvalue weighted by Gasteiger charge is -2.09. The number of rotatable bonds is 7. The molecule has 0 spiro atoms. The van der Waals surface area contributed by atoms with E-state index < -0.39 is 0 Å². The second kappa shape index (κ2) is 7.69. The number of hydrogen-bond donors (Lipinski definition) is 1. The van der Waals surface area contributed by atoms with E-state index in [1.165, 1.54) is 5.56 Å². The molecule has 118 valence electrons.